The number of alkyl halides is 3. The van der Waals surface area contributed by atoms with Gasteiger partial charge in [-0.3, -0.25) is 4.90 Å². The van der Waals surface area contributed by atoms with Crippen LogP contribution < -0.4 is 14.4 Å². The molecule has 2 aromatic heterocycles. The largest absolute Gasteiger partial charge is 0.468 e. The number of methoxy groups -OCH3 is 1. The van der Waals surface area contributed by atoms with Gasteiger partial charge in [-0.2, -0.15) is 18.2 Å². The number of aromatic nitrogens is 3. The normalized spacial score (nSPS) is 20.4. The lowest BCUT2D eigenvalue weighted by molar-refractivity contribution is -0.159. The second-order valence-electron chi connectivity index (χ2n) is 16.3. The number of hydrogen-bond acceptors (Lipinski definition) is 8. The molecule has 55 heavy (non-hydrogen) atoms. The Kier molecular flexibility index (Phi) is 11.1. The van der Waals surface area contributed by atoms with Crippen LogP contribution in [0.3, 0.4) is 0 Å². The number of anilines is 1. The first kappa shape index (κ1) is 39.2. The first-order valence-electron chi connectivity index (χ1n) is 19.5. The first-order chi connectivity index (χ1) is 26.2. The van der Waals surface area contributed by atoms with E-state index < -0.39 is 26.1 Å². The highest BCUT2D eigenvalue weighted by atomic mass is 28.3. The number of benzene rings is 2. The second-order valence-corrected chi connectivity index (χ2v) is 21.8. The third kappa shape index (κ3) is 7.38. The monoisotopic (exact) mass is 777 g/mol. The van der Waals surface area contributed by atoms with Gasteiger partial charge in [-0.1, -0.05) is 53.5 Å². The number of rotatable bonds is 11. The first-order valence-corrected chi connectivity index (χ1v) is 21.8. The van der Waals surface area contributed by atoms with Crippen LogP contribution in [0.1, 0.15) is 72.8 Å². The van der Waals surface area contributed by atoms with Gasteiger partial charge in [0, 0.05) is 42.8 Å². The Labute approximate surface area is 322 Å². The van der Waals surface area contributed by atoms with Crippen LogP contribution in [-0.4, -0.2) is 86.3 Å². The Balaban J connectivity index is 1.42. The number of ether oxygens (including phenoxy) is 3. The molecule has 3 aliphatic rings. The highest BCUT2D eigenvalue weighted by Gasteiger charge is 2.50. The van der Waals surface area contributed by atoms with E-state index in [-0.39, 0.29) is 37.2 Å². The van der Waals surface area contributed by atoms with Crippen LogP contribution in [-0.2, 0) is 4.74 Å². The van der Waals surface area contributed by atoms with Crippen molar-refractivity contribution in [3.8, 4) is 34.5 Å². The minimum atomic E-state index is -4.46. The Hall–Kier alpha value is -3.99. The fourth-order valence-corrected chi connectivity index (χ4v) is 14.7. The Morgan fingerprint density at radius 1 is 0.927 bits per heavy atom. The standard InChI is InChI=1S/C42H51F4N5O3Si/c1-25(2)55(26(3)4,27(5)6)18-14-31-34(43)11-10-28-19-30(54-24-52-7)20-32(39(28)31)35-21-36-33(40(48-35)51-17-13-38(51)42(44,45)46)22-47-41(49-36)53-23-29-12-16-50-15-8-9-37(29)50/h10-11,19-22,25-27,29,37-38H,8-9,12-13,15-17,23-24H2,1-7H3/t29?,37?,38-/m0/s1. The van der Waals surface area contributed by atoms with Crippen molar-refractivity contribution in [1.29, 1.82) is 0 Å². The molecule has 294 valence electrons. The molecular weight excluding hydrogens is 727 g/mol. The van der Waals surface area contributed by atoms with Crippen molar-refractivity contribution in [3.05, 3.63) is 47.9 Å². The summed E-state index contributed by atoms with van der Waals surface area (Å²) in [4.78, 5) is 17.9. The lowest BCUT2D eigenvalue weighted by atomic mass is 9.95. The lowest BCUT2D eigenvalue weighted by Gasteiger charge is -2.43. The van der Waals surface area contributed by atoms with Crippen LogP contribution in [0, 0.1) is 23.2 Å². The van der Waals surface area contributed by atoms with Crippen molar-refractivity contribution in [2.24, 2.45) is 5.92 Å². The molecule has 3 saturated heterocycles. The molecule has 3 atom stereocenters. The van der Waals surface area contributed by atoms with Crippen LogP contribution in [0.2, 0.25) is 16.6 Å². The van der Waals surface area contributed by atoms with E-state index in [0.29, 0.717) is 73.9 Å². The molecule has 2 aromatic carbocycles. The van der Waals surface area contributed by atoms with Crippen molar-refractivity contribution < 1.29 is 31.8 Å². The van der Waals surface area contributed by atoms with E-state index >= 15 is 4.39 Å². The molecule has 0 aliphatic carbocycles. The van der Waals surface area contributed by atoms with E-state index in [9.17, 15) is 13.2 Å². The average molecular weight is 778 g/mol. The third-order valence-corrected chi connectivity index (χ3v) is 18.6. The van der Waals surface area contributed by atoms with Crippen molar-refractivity contribution in [2.75, 3.05) is 45.0 Å². The zero-order chi connectivity index (χ0) is 39.2. The summed E-state index contributed by atoms with van der Waals surface area (Å²) < 4.78 is 76.4. The molecule has 13 heteroatoms. The quantitative estimate of drug-likeness (QED) is 0.0646. The van der Waals surface area contributed by atoms with Gasteiger partial charge >= 0.3 is 12.2 Å². The van der Waals surface area contributed by atoms with Gasteiger partial charge in [-0.05, 0) is 85.0 Å². The predicted molar refractivity (Wildman–Crippen MR) is 211 cm³/mol. The summed E-state index contributed by atoms with van der Waals surface area (Å²) in [6, 6.07) is 7.23. The van der Waals surface area contributed by atoms with Crippen molar-refractivity contribution in [1.82, 2.24) is 19.9 Å². The lowest BCUT2D eigenvalue weighted by Crippen LogP contribution is -2.56. The van der Waals surface area contributed by atoms with Crippen LogP contribution in [0.4, 0.5) is 23.4 Å². The smallest absolute Gasteiger partial charge is 0.408 e. The molecule has 3 fully saturated rings. The maximum atomic E-state index is 16.2. The van der Waals surface area contributed by atoms with Crippen LogP contribution in [0.25, 0.3) is 32.9 Å². The maximum absolute atomic E-state index is 16.2. The molecule has 4 aromatic rings. The Morgan fingerprint density at radius 2 is 1.69 bits per heavy atom. The van der Waals surface area contributed by atoms with Crippen LogP contribution in [0.5, 0.6) is 11.8 Å². The highest BCUT2D eigenvalue weighted by Crippen LogP contribution is 2.44. The fraction of sp³-hybridized carbons (Fsp3) is 0.548. The summed E-state index contributed by atoms with van der Waals surface area (Å²) in [5.74, 6) is 3.75. The van der Waals surface area contributed by atoms with E-state index in [1.165, 1.54) is 30.7 Å². The third-order valence-electron chi connectivity index (χ3n) is 12.3. The van der Waals surface area contributed by atoms with Gasteiger partial charge in [0.15, 0.2) is 6.79 Å². The maximum Gasteiger partial charge on any atom is 0.408 e. The summed E-state index contributed by atoms with van der Waals surface area (Å²) in [6.45, 7) is 15.9. The molecule has 3 aliphatic heterocycles. The Bertz CT molecular complexity index is 2090. The fourth-order valence-electron chi connectivity index (χ4n) is 9.52. The van der Waals surface area contributed by atoms with Crippen LogP contribution in [0.15, 0.2) is 36.5 Å². The molecular formula is C42H51F4N5O3Si. The SMILES string of the molecule is COCOc1cc(-c2cc3nc(OCC4CCN5CCCC45)ncc3c(N3CC[C@H]3C(F)(F)F)n2)c2c(C#C[Si](C(C)C)(C(C)C)C(C)C)c(F)ccc2c1. The molecule has 7 rings (SSSR count). The molecule has 0 bridgehead atoms. The zero-order valence-electron chi connectivity index (χ0n) is 32.8. The van der Waals surface area contributed by atoms with E-state index in [2.05, 4.69) is 62.9 Å². The van der Waals surface area contributed by atoms with E-state index in [0.717, 1.165) is 25.9 Å². The average Bonchev–Trinajstić information content (AvgIpc) is 3.73. The second kappa shape index (κ2) is 15.5. The summed E-state index contributed by atoms with van der Waals surface area (Å²) >= 11 is 0. The summed E-state index contributed by atoms with van der Waals surface area (Å²) in [5, 5.41) is 1.51. The molecule has 0 radical (unpaired) electrons. The van der Waals surface area contributed by atoms with Gasteiger partial charge in [0.05, 0.1) is 28.8 Å². The van der Waals surface area contributed by atoms with Gasteiger partial charge in [-0.25, -0.2) is 14.4 Å². The van der Waals surface area contributed by atoms with E-state index in [1.807, 2.05) is 0 Å². The van der Waals surface area contributed by atoms with E-state index in [1.54, 1.807) is 24.3 Å². The van der Waals surface area contributed by atoms with Gasteiger partial charge in [0.25, 0.3) is 0 Å². The number of nitrogens with zero attached hydrogens (tertiary/aromatic N) is 5. The summed E-state index contributed by atoms with van der Waals surface area (Å²) in [5.41, 5.74) is 5.97. The number of fused-ring (bicyclic) bond motifs is 3. The van der Waals surface area contributed by atoms with Gasteiger partial charge < -0.3 is 19.1 Å². The van der Waals surface area contributed by atoms with Crippen LogP contribution >= 0.6 is 0 Å². The minimum Gasteiger partial charge on any atom is -0.468 e. The number of pyridine rings is 1. The van der Waals surface area contributed by atoms with E-state index in [4.69, 9.17) is 24.2 Å². The summed E-state index contributed by atoms with van der Waals surface area (Å²) in [6.07, 6.45) is 0.349. The predicted octanol–water partition coefficient (Wildman–Crippen LogP) is 9.54. The summed E-state index contributed by atoms with van der Waals surface area (Å²) in [7, 11) is -0.781. The van der Waals surface area contributed by atoms with Gasteiger partial charge in [0.1, 0.15) is 31.5 Å². The molecule has 5 heterocycles. The highest BCUT2D eigenvalue weighted by molar-refractivity contribution is 6.90. The van der Waals surface area contributed by atoms with Crippen molar-refractivity contribution in [3.63, 3.8) is 0 Å². The minimum absolute atomic E-state index is 0.0466. The molecule has 0 N–H and O–H groups in total. The van der Waals surface area contributed by atoms with Crippen molar-refractivity contribution >= 4 is 35.6 Å². The topological polar surface area (TPSA) is 72.8 Å². The Morgan fingerprint density at radius 3 is 2.36 bits per heavy atom. The molecule has 0 amide bonds. The van der Waals surface area contributed by atoms with Crippen molar-refractivity contribution in [2.45, 2.75) is 102 Å². The molecule has 0 saturated carbocycles. The number of hydrogen-bond donors (Lipinski definition) is 0. The van der Waals surface area contributed by atoms with Gasteiger partial charge in [0.2, 0.25) is 0 Å². The molecule has 2 unspecified atom stereocenters. The van der Waals surface area contributed by atoms with Gasteiger partial charge in [-0.15, -0.1) is 5.54 Å². The zero-order valence-corrected chi connectivity index (χ0v) is 33.8. The molecule has 0 spiro atoms. The molecule has 8 nitrogen and oxygen atoms in total. The number of halogens is 4.